The predicted octanol–water partition coefficient (Wildman–Crippen LogP) is 2.83. The van der Waals surface area contributed by atoms with Gasteiger partial charge in [0, 0.05) is 6.54 Å². The molecule has 2 N–H and O–H groups in total. The fourth-order valence-electron chi connectivity index (χ4n) is 2.67. The van der Waals surface area contributed by atoms with Crippen molar-refractivity contribution in [2.45, 2.75) is 44.8 Å². The first kappa shape index (κ1) is 14.5. The van der Waals surface area contributed by atoms with Gasteiger partial charge in [0.15, 0.2) is 0 Å². The van der Waals surface area contributed by atoms with E-state index in [0.29, 0.717) is 13.2 Å². The van der Waals surface area contributed by atoms with Gasteiger partial charge in [-0.25, -0.2) is 0 Å². The fraction of sp³-hybridized carbons (Fsp3) is 0.625. The van der Waals surface area contributed by atoms with Crippen molar-refractivity contribution in [3.8, 4) is 0 Å². The maximum absolute atomic E-state index is 6.12. The Morgan fingerprint density at radius 2 is 2.05 bits per heavy atom. The monoisotopic (exact) mass is 263 g/mol. The molecule has 19 heavy (non-hydrogen) atoms. The van der Waals surface area contributed by atoms with Gasteiger partial charge in [-0.1, -0.05) is 38.1 Å². The van der Waals surface area contributed by atoms with Gasteiger partial charge < -0.3 is 15.2 Å². The lowest BCUT2D eigenvalue weighted by Gasteiger charge is -2.34. The first-order valence-electron chi connectivity index (χ1n) is 7.28. The van der Waals surface area contributed by atoms with Gasteiger partial charge in [-0.2, -0.15) is 0 Å². The Bertz CT molecular complexity index is 393. The van der Waals surface area contributed by atoms with Gasteiger partial charge in [0.2, 0.25) is 0 Å². The van der Waals surface area contributed by atoms with Crippen molar-refractivity contribution in [1.82, 2.24) is 0 Å². The molecule has 0 bridgehead atoms. The van der Waals surface area contributed by atoms with Crippen LogP contribution in [0.2, 0.25) is 0 Å². The van der Waals surface area contributed by atoms with Gasteiger partial charge in [0.1, 0.15) is 6.10 Å². The molecule has 1 heterocycles. The molecule has 0 aromatic heterocycles. The van der Waals surface area contributed by atoms with Crippen LogP contribution in [0.15, 0.2) is 24.3 Å². The van der Waals surface area contributed by atoms with E-state index in [1.165, 1.54) is 11.1 Å². The Kier molecular flexibility index (Phi) is 4.97. The van der Waals surface area contributed by atoms with E-state index in [2.05, 4.69) is 38.1 Å². The maximum Gasteiger partial charge on any atom is 0.106 e. The lowest BCUT2D eigenvalue weighted by Crippen LogP contribution is -2.41. The molecule has 1 aliphatic heterocycles. The van der Waals surface area contributed by atoms with Crippen LogP contribution >= 0.6 is 0 Å². The Morgan fingerprint density at radius 1 is 1.32 bits per heavy atom. The highest BCUT2D eigenvalue weighted by molar-refractivity contribution is 5.30. The van der Waals surface area contributed by atoms with Crippen molar-refractivity contribution in [3.63, 3.8) is 0 Å². The molecule has 1 atom stereocenters. The summed E-state index contributed by atoms with van der Waals surface area (Å²) in [6.45, 7) is 6.20. The molecule has 0 radical (unpaired) electrons. The molecule has 0 spiro atoms. The number of rotatable bonds is 6. The van der Waals surface area contributed by atoms with Crippen molar-refractivity contribution in [1.29, 1.82) is 0 Å². The van der Waals surface area contributed by atoms with Crippen LogP contribution in [0.1, 0.15) is 43.9 Å². The molecule has 1 unspecified atom stereocenters. The Morgan fingerprint density at radius 3 is 2.74 bits per heavy atom. The van der Waals surface area contributed by atoms with Crippen molar-refractivity contribution in [2.24, 2.45) is 5.73 Å². The molecule has 1 aromatic carbocycles. The first-order chi connectivity index (χ1) is 9.24. The van der Waals surface area contributed by atoms with E-state index in [0.717, 1.165) is 25.9 Å². The van der Waals surface area contributed by atoms with Gasteiger partial charge >= 0.3 is 0 Å². The molecule has 2 rings (SSSR count). The third kappa shape index (κ3) is 3.16. The number of fused-ring (bicyclic) bond motifs is 1. The molecule has 1 aromatic rings. The van der Waals surface area contributed by atoms with E-state index in [1.807, 2.05) is 0 Å². The van der Waals surface area contributed by atoms with Crippen LogP contribution in [-0.2, 0) is 15.9 Å². The average Bonchev–Trinajstić information content (AvgIpc) is 2.49. The summed E-state index contributed by atoms with van der Waals surface area (Å²) in [5.41, 5.74) is 8.33. The number of hydrogen-bond acceptors (Lipinski definition) is 3. The second-order valence-corrected chi connectivity index (χ2v) is 5.21. The topological polar surface area (TPSA) is 44.5 Å². The number of nitrogens with two attached hydrogens (primary N) is 1. The highest BCUT2D eigenvalue weighted by atomic mass is 16.5. The van der Waals surface area contributed by atoms with Crippen molar-refractivity contribution in [2.75, 3.05) is 19.8 Å². The smallest absolute Gasteiger partial charge is 0.106 e. The summed E-state index contributed by atoms with van der Waals surface area (Å²) in [5.74, 6) is 0. The number of benzene rings is 1. The van der Waals surface area contributed by atoms with E-state index in [1.54, 1.807) is 0 Å². The van der Waals surface area contributed by atoms with Gasteiger partial charge in [-0.3, -0.25) is 0 Å². The summed E-state index contributed by atoms with van der Waals surface area (Å²) < 4.78 is 12.0. The third-order valence-electron chi connectivity index (χ3n) is 4.29. The Labute approximate surface area is 116 Å². The summed E-state index contributed by atoms with van der Waals surface area (Å²) in [4.78, 5) is 0. The molecule has 0 saturated carbocycles. The Hall–Kier alpha value is -0.900. The van der Waals surface area contributed by atoms with Gasteiger partial charge in [0.25, 0.3) is 0 Å². The minimum atomic E-state index is -0.199. The van der Waals surface area contributed by atoms with Crippen LogP contribution in [0.3, 0.4) is 0 Å². The summed E-state index contributed by atoms with van der Waals surface area (Å²) in [5, 5.41) is 0. The summed E-state index contributed by atoms with van der Waals surface area (Å²) in [6, 6.07) is 8.48. The van der Waals surface area contributed by atoms with E-state index < -0.39 is 0 Å². The minimum Gasteiger partial charge on any atom is -0.371 e. The van der Waals surface area contributed by atoms with Gasteiger partial charge in [-0.15, -0.1) is 0 Å². The Balaban J connectivity index is 2.05. The van der Waals surface area contributed by atoms with Crippen LogP contribution < -0.4 is 5.73 Å². The quantitative estimate of drug-likeness (QED) is 0.858. The van der Waals surface area contributed by atoms with Crippen LogP contribution in [-0.4, -0.2) is 25.4 Å². The van der Waals surface area contributed by atoms with Gasteiger partial charge in [-0.05, 0) is 30.4 Å². The fourth-order valence-corrected chi connectivity index (χ4v) is 2.67. The summed E-state index contributed by atoms with van der Waals surface area (Å²) >= 11 is 0. The highest BCUT2D eigenvalue weighted by Gasteiger charge is 2.28. The van der Waals surface area contributed by atoms with Crippen LogP contribution in [0.5, 0.6) is 0 Å². The molecular formula is C16H25NO2. The molecule has 0 fully saturated rings. The molecule has 3 nitrogen and oxygen atoms in total. The SMILES string of the molecule is CCC(CC)(CN)OCC1OCCc2ccccc21. The predicted molar refractivity (Wildman–Crippen MR) is 77.2 cm³/mol. The average molecular weight is 263 g/mol. The lowest BCUT2D eigenvalue weighted by atomic mass is 9.96. The van der Waals surface area contributed by atoms with E-state index in [4.69, 9.17) is 15.2 Å². The van der Waals surface area contributed by atoms with E-state index in [9.17, 15) is 0 Å². The van der Waals surface area contributed by atoms with Gasteiger partial charge in [0.05, 0.1) is 18.8 Å². The zero-order valence-corrected chi connectivity index (χ0v) is 12.0. The van der Waals surface area contributed by atoms with Crippen molar-refractivity contribution < 1.29 is 9.47 Å². The zero-order chi connectivity index (χ0) is 13.7. The number of ether oxygens (including phenoxy) is 2. The second-order valence-electron chi connectivity index (χ2n) is 5.21. The standard InChI is InChI=1S/C16H25NO2/c1-3-16(4-2,12-17)19-11-15-14-8-6-5-7-13(14)9-10-18-15/h5-8,15H,3-4,9-12,17H2,1-2H3. The first-order valence-corrected chi connectivity index (χ1v) is 7.28. The van der Waals surface area contributed by atoms with E-state index >= 15 is 0 Å². The minimum absolute atomic E-state index is 0.0500. The van der Waals surface area contributed by atoms with E-state index in [-0.39, 0.29) is 11.7 Å². The molecule has 106 valence electrons. The van der Waals surface area contributed by atoms with Crippen LogP contribution in [0.25, 0.3) is 0 Å². The lowest BCUT2D eigenvalue weighted by molar-refractivity contribution is -0.100. The summed E-state index contributed by atoms with van der Waals surface area (Å²) in [7, 11) is 0. The van der Waals surface area contributed by atoms with Crippen LogP contribution in [0, 0.1) is 0 Å². The third-order valence-corrected chi connectivity index (χ3v) is 4.29. The highest BCUT2D eigenvalue weighted by Crippen LogP contribution is 2.29. The molecule has 0 saturated heterocycles. The second kappa shape index (κ2) is 6.51. The largest absolute Gasteiger partial charge is 0.371 e. The molecule has 0 amide bonds. The van der Waals surface area contributed by atoms with Crippen molar-refractivity contribution in [3.05, 3.63) is 35.4 Å². The summed E-state index contributed by atoms with van der Waals surface area (Å²) in [6.07, 6.45) is 2.92. The molecule has 1 aliphatic rings. The number of hydrogen-bond donors (Lipinski definition) is 1. The normalized spacial score (nSPS) is 19.2. The molecule has 0 aliphatic carbocycles. The molecular weight excluding hydrogens is 238 g/mol. The zero-order valence-electron chi connectivity index (χ0n) is 12.0. The van der Waals surface area contributed by atoms with Crippen LogP contribution in [0.4, 0.5) is 0 Å². The maximum atomic E-state index is 6.12. The van der Waals surface area contributed by atoms with Crippen molar-refractivity contribution >= 4 is 0 Å². The molecule has 3 heteroatoms.